The van der Waals surface area contributed by atoms with Gasteiger partial charge < -0.3 is 15.5 Å². The fourth-order valence-electron chi connectivity index (χ4n) is 3.23. The lowest BCUT2D eigenvalue weighted by Crippen LogP contribution is -2.51. The van der Waals surface area contributed by atoms with Crippen molar-refractivity contribution in [3.63, 3.8) is 0 Å². The van der Waals surface area contributed by atoms with Gasteiger partial charge in [-0.1, -0.05) is 0 Å². The number of amides is 3. The maximum absolute atomic E-state index is 13.6. The molecule has 0 spiro atoms. The maximum Gasteiger partial charge on any atom is 0.254 e. The molecule has 0 radical (unpaired) electrons. The van der Waals surface area contributed by atoms with Gasteiger partial charge in [-0.3, -0.25) is 19.3 Å². The second kappa shape index (κ2) is 9.78. The van der Waals surface area contributed by atoms with Gasteiger partial charge in [-0.2, -0.15) is 0 Å². The molecular weight excluding hydrogens is 382 g/mol. The summed E-state index contributed by atoms with van der Waals surface area (Å²) in [6, 6.07) is 3.13. The second-order valence-corrected chi connectivity index (χ2v) is 7.48. The molecule has 1 saturated heterocycles. The summed E-state index contributed by atoms with van der Waals surface area (Å²) >= 11 is 0. The van der Waals surface area contributed by atoms with Gasteiger partial charge in [0.25, 0.3) is 5.91 Å². The van der Waals surface area contributed by atoms with Crippen molar-refractivity contribution in [1.29, 1.82) is 0 Å². The average molecular weight is 408 g/mol. The van der Waals surface area contributed by atoms with Gasteiger partial charge in [0.05, 0.1) is 12.1 Å². The van der Waals surface area contributed by atoms with E-state index in [0.29, 0.717) is 51.3 Å². The summed E-state index contributed by atoms with van der Waals surface area (Å²) in [5.41, 5.74) is -0.223. The van der Waals surface area contributed by atoms with Crippen molar-refractivity contribution in [3.8, 4) is 0 Å². The Hall–Kier alpha value is -2.55. The van der Waals surface area contributed by atoms with Gasteiger partial charge in [0.2, 0.25) is 11.8 Å². The highest BCUT2D eigenvalue weighted by molar-refractivity contribution is 5.94. The van der Waals surface area contributed by atoms with E-state index in [1.807, 2.05) is 4.90 Å². The molecule has 2 aliphatic rings. The Labute approximate surface area is 168 Å². The van der Waals surface area contributed by atoms with Crippen molar-refractivity contribution >= 4 is 17.7 Å². The van der Waals surface area contributed by atoms with Crippen LogP contribution in [0.25, 0.3) is 0 Å². The fourth-order valence-corrected chi connectivity index (χ4v) is 3.23. The molecule has 2 N–H and O–H groups in total. The minimum absolute atomic E-state index is 0.00528. The van der Waals surface area contributed by atoms with Crippen molar-refractivity contribution < 1.29 is 23.2 Å². The van der Waals surface area contributed by atoms with Crippen LogP contribution in [0, 0.1) is 11.6 Å². The zero-order chi connectivity index (χ0) is 20.8. The van der Waals surface area contributed by atoms with Crippen LogP contribution in [0.1, 0.15) is 36.0 Å². The first-order valence-corrected chi connectivity index (χ1v) is 9.95. The van der Waals surface area contributed by atoms with Gasteiger partial charge in [-0.15, -0.1) is 0 Å². The molecule has 7 nitrogen and oxygen atoms in total. The number of rotatable bonds is 8. The maximum atomic E-state index is 13.6. The molecular formula is C20H26F2N4O3. The lowest BCUT2D eigenvalue weighted by Gasteiger charge is -2.34. The van der Waals surface area contributed by atoms with Crippen LogP contribution < -0.4 is 10.6 Å². The largest absolute Gasteiger partial charge is 0.352 e. The predicted octanol–water partition coefficient (Wildman–Crippen LogP) is 0.898. The molecule has 1 saturated carbocycles. The second-order valence-electron chi connectivity index (χ2n) is 7.48. The summed E-state index contributed by atoms with van der Waals surface area (Å²) in [6.45, 7) is 3.05. The molecule has 29 heavy (non-hydrogen) atoms. The average Bonchev–Trinajstić information content (AvgIpc) is 3.49. The Morgan fingerprint density at radius 3 is 2.45 bits per heavy atom. The molecule has 158 valence electrons. The standard InChI is InChI=1S/C20H26F2N4O3/c21-14-3-6-16(17(22)12-14)20(29)23-7-1-2-19(28)26-10-8-25(9-11-26)13-18(27)24-15-4-5-15/h3,6,12,15H,1-2,4-5,7-11,13H2,(H,23,29)(H,24,27). The fraction of sp³-hybridized carbons (Fsp3) is 0.550. The van der Waals surface area contributed by atoms with E-state index in [1.54, 1.807) is 4.90 Å². The Morgan fingerprint density at radius 2 is 1.79 bits per heavy atom. The highest BCUT2D eigenvalue weighted by Gasteiger charge is 2.26. The number of piperazine rings is 1. The van der Waals surface area contributed by atoms with Gasteiger partial charge in [-0.05, 0) is 31.4 Å². The van der Waals surface area contributed by atoms with Gasteiger partial charge in [0.1, 0.15) is 11.6 Å². The van der Waals surface area contributed by atoms with Crippen molar-refractivity contribution in [2.45, 2.75) is 31.7 Å². The van der Waals surface area contributed by atoms with E-state index >= 15 is 0 Å². The first-order valence-electron chi connectivity index (χ1n) is 9.95. The SMILES string of the molecule is O=C(CN1CCN(C(=O)CCCNC(=O)c2ccc(F)cc2F)CC1)NC1CC1. The molecule has 9 heteroatoms. The third kappa shape index (κ3) is 6.49. The number of carbonyl (C=O) groups excluding carboxylic acids is 3. The van der Waals surface area contributed by atoms with Gasteiger partial charge in [0, 0.05) is 51.3 Å². The Bertz CT molecular complexity index is 762. The minimum atomic E-state index is -0.915. The molecule has 1 aromatic carbocycles. The van der Waals surface area contributed by atoms with E-state index in [2.05, 4.69) is 10.6 Å². The number of benzene rings is 1. The molecule has 1 heterocycles. The minimum Gasteiger partial charge on any atom is -0.352 e. The van der Waals surface area contributed by atoms with Crippen LogP contribution in [0.2, 0.25) is 0 Å². The predicted molar refractivity (Wildman–Crippen MR) is 102 cm³/mol. The highest BCUT2D eigenvalue weighted by Crippen LogP contribution is 2.18. The molecule has 3 rings (SSSR count). The Kier molecular flexibility index (Phi) is 7.13. The Balaban J connectivity index is 1.30. The molecule has 3 amide bonds. The number of nitrogens with zero attached hydrogens (tertiary/aromatic N) is 2. The summed E-state index contributed by atoms with van der Waals surface area (Å²) in [5.74, 6) is -2.25. The van der Waals surface area contributed by atoms with E-state index in [9.17, 15) is 23.2 Å². The monoisotopic (exact) mass is 408 g/mol. The van der Waals surface area contributed by atoms with Crippen LogP contribution >= 0.6 is 0 Å². The third-order valence-electron chi connectivity index (χ3n) is 5.06. The number of hydrogen-bond acceptors (Lipinski definition) is 4. The molecule has 0 unspecified atom stereocenters. The van der Waals surface area contributed by atoms with E-state index in [1.165, 1.54) is 0 Å². The van der Waals surface area contributed by atoms with Gasteiger partial charge in [0.15, 0.2) is 0 Å². The van der Waals surface area contributed by atoms with Crippen LogP contribution in [0.4, 0.5) is 8.78 Å². The van der Waals surface area contributed by atoms with E-state index < -0.39 is 17.5 Å². The highest BCUT2D eigenvalue weighted by atomic mass is 19.1. The van der Waals surface area contributed by atoms with Crippen LogP contribution in [0.5, 0.6) is 0 Å². The first kappa shape index (κ1) is 21.2. The summed E-state index contributed by atoms with van der Waals surface area (Å²) in [5, 5.41) is 5.50. The summed E-state index contributed by atoms with van der Waals surface area (Å²) < 4.78 is 26.5. The molecule has 1 aliphatic carbocycles. The van der Waals surface area contributed by atoms with Gasteiger partial charge in [-0.25, -0.2) is 8.78 Å². The van der Waals surface area contributed by atoms with Crippen molar-refractivity contribution in [3.05, 3.63) is 35.4 Å². The Morgan fingerprint density at radius 1 is 1.07 bits per heavy atom. The number of halogens is 2. The summed E-state index contributed by atoms with van der Waals surface area (Å²) in [7, 11) is 0. The van der Waals surface area contributed by atoms with Crippen molar-refractivity contribution in [2.75, 3.05) is 39.3 Å². The molecule has 1 aliphatic heterocycles. The lowest BCUT2D eigenvalue weighted by molar-refractivity contribution is -0.133. The molecule has 1 aromatic rings. The van der Waals surface area contributed by atoms with E-state index in [-0.39, 0.29) is 30.3 Å². The van der Waals surface area contributed by atoms with E-state index in [0.717, 1.165) is 25.0 Å². The molecule has 0 atom stereocenters. The lowest BCUT2D eigenvalue weighted by atomic mass is 10.2. The van der Waals surface area contributed by atoms with Crippen LogP contribution in [0.3, 0.4) is 0 Å². The topological polar surface area (TPSA) is 81.8 Å². The number of carbonyl (C=O) groups is 3. The van der Waals surface area contributed by atoms with Crippen LogP contribution in [-0.2, 0) is 9.59 Å². The normalized spacial score (nSPS) is 17.1. The zero-order valence-corrected chi connectivity index (χ0v) is 16.3. The number of hydrogen-bond donors (Lipinski definition) is 2. The smallest absolute Gasteiger partial charge is 0.254 e. The molecule has 0 aromatic heterocycles. The summed E-state index contributed by atoms with van der Waals surface area (Å²) in [4.78, 5) is 39.8. The summed E-state index contributed by atoms with van der Waals surface area (Å²) in [6.07, 6.45) is 2.83. The first-order chi connectivity index (χ1) is 13.9. The molecule has 0 bridgehead atoms. The quantitative estimate of drug-likeness (QED) is 0.627. The van der Waals surface area contributed by atoms with Crippen LogP contribution in [0.15, 0.2) is 18.2 Å². The third-order valence-corrected chi connectivity index (χ3v) is 5.06. The zero-order valence-electron chi connectivity index (χ0n) is 16.3. The van der Waals surface area contributed by atoms with Crippen LogP contribution in [-0.4, -0.2) is 72.8 Å². The van der Waals surface area contributed by atoms with Gasteiger partial charge >= 0.3 is 0 Å². The number of nitrogens with one attached hydrogen (secondary N) is 2. The van der Waals surface area contributed by atoms with E-state index in [4.69, 9.17) is 0 Å². The van der Waals surface area contributed by atoms with Crippen molar-refractivity contribution in [1.82, 2.24) is 20.4 Å². The molecule has 2 fully saturated rings. The van der Waals surface area contributed by atoms with Crippen molar-refractivity contribution in [2.24, 2.45) is 0 Å².